The summed E-state index contributed by atoms with van der Waals surface area (Å²) in [5.41, 5.74) is 1.36. The highest BCUT2D eigenvalue weighted by molar-refractivity contribution is 8.00. The average molecular weight is 300 g/mol. The zero-order valence-corrected chi connectivity index (χ0v) is 11.8. The molecule has 1 aromatic heterocycles. The number of fused-ring (bicyclic) bond motifs is 1. The second kappa shape index (κ2) is 5.88. The van der Waals surface area contributed by atoms with Gasteiger partial charge in [0.2, 0.25) is 11.8 Å². The zero-order chi connectivity index (χ0) is 14.7. The molecule has 0 spiro atoms. The van der Waals surface area contributed by atoms with Gasteiger partial charge in [0, 0.05) is 16.7 Å². The summed E-state index contributed by atoms with van der Waals surface area (Å²) in [7, 11) is 0. The lowest BCUT2D eigenvalue weighted by Crippen LogP contribution is -2.19. The lowest BCUT2D eigenvalue weighted by atomic mass is 10.2. The summed E-state index contributed by atoms with van der Waals surface area (Å²) in [6.07, 6.45) is 4.53. The van der Waals surface area contributed by atoms with E-state index in [1.165, 1.54) is 17.8 Å². The van der Waals surface area contributed by atoms with E-state index in [4.69, 9.17) is 4.42 Å². The summed E-state index contributed by atoms with van der Waals surface area (Å²) in [5.74, 6) is 0.735. The SMILES string of the molecule is O=C(/C=C/c1ccco1)Nc1ccc2c(c1)NC(=O)CS2. The van der Waals surface area contributed by atoms with Crippen LogP contribution in [-0.4, -0.2) is 17.6 Å². The van der Waals surface area contributed by atoms with Gasteiger partial charge in [0.05, 0.1) is 17.7 Å². The lowest BCUT2D eigenvalue weighted by molar-refractivity contribution is -0.114. The van der Waals surface area contributed by atoms with Crippen LogP contribution in [-0.2, 0) is 9.59 Å². The molecule has 106 valence electrons. The molecule has 6 heteroatoms. The number of anilines is 2. The number of hydrogen-bond donors (Lipinski definition) is 2. The molecule has 0 radical (unpaired) electrons. The molecule has 1 aliphatic heterocycles. The molecule has 2 N–H and O–H groups in total. The number of carbonyl (C=O) groups is 2. The summed E-state index contributed by atoms with van der Waals surface area (Å²) in [4.78, 5) is 24.2. The number of rotatable bonds is 3. The van der Waals surface area contributed by atoms with E-state index in [0.717, 1.165) is 10.6 Å². The minimum atomic E-state index is -0.263. The standard InChI is InChI=1S/C15H12N2O3S/c18-14(6-4-11-2-1-7-20-11)16-10-3-5-13-12(8-10)17-15(19)9-21-13/h1-8H,9H2,(H,16,18)(H,17,19)/b6-4+. The molecule has 0 saturated heterocycles. The first-order valence-electron chi connectivity index (χ1n) is 6.30. The predicted octanol–water partition coefficient (Wildman–Crippen LogP) is 2.98. The van der Waals surface area contributed by atoms with Crippen LogP contribution in [0.3, 0.4) is 0 Å². The largest absolute Gasteiger partial charge is 0.465 e. The van der Waals surface area contributed by atoms with E-state index >= 15 is 0 Å². The Labute approximate surface area is 125 Å². The molecule has 0 unspecified atom stereocenters. The second-order valence-corrected chi connectivity index (χ2v) is 5.40. The van der Waals surface area contributed by atoms with Crippen LogP contribution in [0.4, 0.5) is 11.4 Å². The highest BCUT2D eigenvalue weighted by Crippen LogP contribution is 2.33. The Bertz CT molecular complexity index is 708. The van der Waals surface area contributed by atoms with Crippen molar-refractivity contribution in [2.45, 2.75) is 4.90 Å². The van der Waals surface area contributed by atoms with Crippen LogP contribution in [0.1, 0.15) is 5.76 Å². The van der Waals surface area contributed by atoms with E-state index in [-0.39, 0.29) is 11.8 Å². The van der Waals surface area contributed by atoms with E-state index in [1.54, 1.807) is 30.5 Å². The minimum Gasteiger partial charge on any atom is -0.465 e. The smallest absolute Gasteiger partial charge is 0.248 e. The number of nitrogens with one attached hydrogen (secondary N) is 2. The Hall–Kier alpha value is -2.47. The first-order chi connectivity index (χ1) is 10.2. The number of amides is 2. The molecule has 0 atom stereocenters. The van der Waals surface area contributed by atoms with Gasteiger partial charge in [0.15, 0.2) is 0 Å². The summed E-state index contributed by atoms with van der Waals surface area (Å²) >= 11 is 1.48. The van der Waals surface area contributed by atoms with E-state index < -0.39 is 0 Å². The van der Waals surface area contributed by atoms with E-state index in [1.807, 2.05) is 12.1 Å². The maximum atomic E-state index is 11.8. The summed E-state index contributed by atoms with van der Waals surface area (Å²) in [5, 5.41) is 5.53. The van der Waals surface area contributed by atoms with E-state index in [9.17, 15) is 9.59 Å². The summed E-state index contributed by atoms with van der Waals surface area (Å²) in [6.45, 7) is 0. The fraction of sp³-hybridized carbons (Fsp3) is 0.0667. The van der Waals surface area contributed by atoms with Gasteiger partial charge in [0.1, 0.15) is 5.76 Å². The van der Waals surface area contributed by atoms with Crippen LogP contribution in [0, 0.1) is 0 Å². The number of furan rings is 1. The number of carbonyl (C=O) groups excluding carboxylic acids is 2. The Kier molecular flexibility index (Phi) is 3.79. The van der Waals surface area contributed by atoms with Gasteiger partial charge in [-0.3, -0.25) is 9.59 Å². The Balaban J connectivity index is 1.69. The van der Waals surface area contributed by atoms with E-state index in [2.05, 4.69) is 10.6 Å². The predicted molar refractivity (Wildman–Crippen MR) is 82.2 cm³/mol. The van der Waals surface area contributed by atoms with Gasteiger partial charge in [-0.15, -0.1) is 11.8 Å². The highest BCUT2D eigenvalue weighted by atomic mass is 32.2. The Morgan fingerprint density at radius 3 is 3.10 bits per heavy atom. The molecule has 1 aromatic carbocycles. The van der Waals surface area contributed by atoms with Gasteiger partial charge < -0.3 is 15.1 Å². The van der Waals surface area contributed by atoms with Gasteiger partial charge in [-0.1, -0.05) is 0 Å². The van der Waals surface area contributed by atoms with Crippen LogP contribution < -0.4 is 10.6 Å². The molecular formula is C15H12N2O3S. The Morgan fingerprint density at radius 1 is 1.38 bits per heavy atom. The quantitative estimate of drug-likeness (QED) is 0.855. The number of thioether (sulfide) groups is 1. The van der Waals surface area contributed by atoms with Gasteiger partial charge in [-0.25, -0.2) is 0 Å². The lowest BCUT2D eigenvalue weighted by Gasteiger charge is -2.17. The molecule has 2 heterocycles. The van der Waals surface area contributed by atoms with Crippen LogP contribution in [0.5, 0.6) is 0 Å². The molecule has 3 rings (SSSR count). The molecule has 0 aliphatic carbocycles. The normalized spacial score (nSPS) is 13.8. The maximum absolute atomic E-state index is 11.8. The van der Waals surface area contributed by atoms with Crippen molar-refractivity contribution in [1.29, 1.82) is 0 Å². The molecule has 0 saturated carbocycles. The monoisotopic (exact) mass is 300 g/mol. The molecule has 0 bridgehead atoms. The van der Waals surface area contributed by atoms with Gasteiger partial charge in [0.25, 0.3) is 0 Å². The van der Waals surface area contributed by atoms with Crippen molar-refractivity contribution in [2.75, 3.05) is 16.4 Å². The van der Waals surface area contributed by atoms with Crippen molar-refractivity contribution in [3.05, 3.63) is 48.4 Å². The second-order valence-electron chi connectivity index (χ2n) is 4.39. The van der Waals surface area contributed by atoms with Crippen molar-refractivity contribution in [3.63, 3.8) is 0 Å². The third kappa shape index (κ3) is 3.35. The van der Waals surface area contributed by atoms with Crippen LogP contribution in [0.25, 0.3) is 6.08 Å². The molecule has 2 aromatic rings. The summed E-state index contributed by atoms with van der Waals surface area (Å²) in [6, 6.07) is 8.95. The first-order valence-corrected chi connectivity index (χ1v) is 7.28. The molecule has 2 amide bonds. The molecule has 0 fully saturated rings. The fourth-order valence-corrected chi connectivity index (χ4v) is 2.68. The van der Waals surface area contributed by atoms with Crippen molar-refractivity contribution in [3.8, 4) is 0 Å². The van der Waals surface area contributed by atoms with Crippen LogP contribution in [0.2, 0.25) is 0 Å². The number of benzene rings is 1. The van der Waals surface area contributed by atoms with E-state index in [0.29, 0.717) is 17.2 Å². The molecular weight excluding hydrogens is 288 g/mol. The molecule has 1 aliphatic rings. The minimum absolute atomic E-state index is 0.0336. The molecule has 5 nitrogen and oxygen atoms in total. The summed E-state index contributed by atoms with van der Waals surface area (Å²) < 4.78 is 5.10. The fourth-order valence-electron chi connectivity index (χ4n) is 1.89. The highest BCUT2D eigenvalue weighted by Gasteiger charge is 2.15. The van der Waals surface area contributed by atoms with Crippen molar-refractivity contribution >= 4 is 41.0 Å². The van der Waals surface area contributed by atoms with Crippen LogP contribution >= 0.6 is 11.8 Å². The van der Waals surface area contributed by atoms with Gasteiger partial charge in [-0.2, -0.15) is 0 Å². The van der Waals surface area contributed by atoms with Crippen molar-refractivity contribution in [1.82, 2.24) is 0 Å². The first kappa shape index (κ1) is 13.5. The van der Waals surface area contributed by atoms with Crippen molar-refractivity contribution < 1.29 is 14.0 Å². The topological polar surface area (TPSA) is 71.3 Å². The molecule has 21 heavy (non-hydrogen) atoms. The van der Waals surface area contributed by atoms with Gasteiger partial charge in [-0.05, 0) is 36.4 Å². The number of hydrogen-bond acceptors (Lipinski definition) is 4. The zero-order valence-electron chi connectivity index (χ0n) is 11.0. The van der Waals surface area contributed by atoms with Crippen LogP contribution in [0.15, 0.2) is 52.0 Å². The maximum Gasteiger partial charge on any atom is 0.248 e. The average Bonchev–Trinajstić information content (AvgIpc) is 2.98. The van der Waals surface area contributed by atoms with Crippen molar-refractivity contribution in [2.24, 2.45) is 0 Å². The Morgan fingerprint density at radius 2 is 2.29 bits per heavy atom. The third-order valence-corrected chi connectivity index (χ3v) is 3.90. The third-order valence-electron chi connectivity index (χ3n) is 2.82. The van der Waals surface area contributed by atoms with Gasteiger partial charge >= 0.3 is 0 Å².